The Bertz CT molecular complexity index is 622. The number of fused-ring (bicyclic) bond motifs is 1. The van der Waals surface area contributed by atoms with E-state index in [1.807, 2.05) is 18.2 Å². The second-order valence-electron chi connectivity index (χ2n) is 4.05. The average Bonchev–Trinajstić information content (AvgIpc) is 2.94. The monoisotopic (exact) mass is 293 g/mol. The topological polar surface area (TPSA) is 65.5 Å². The molecule has 20 heavy (non-hydrogen) atoms. The van der Waals surface area contributed by atoms with Gasteiger partial charge < -0.3 is 19.5 Å². The number of halogens is 1. The van der Waals surface area contributed by atoms with Gasteiger partial charge in [0.25, 0.3) is 0 Å². The molecule has 0 aliphatic carbocycles. The lowest BCUT2D eigenvalue weighted by Gasteiger charge is -2.11. The molecule has 0 amide bonds. The molecule has 1 aromatic heterocycles. The molecule has 1 N–H and O–H groups in total. The second kappa shape index (κ2) is 5.42. The van der Waals surface area contributed by atoms with E-state index in [-0.39, 0.29) is 11.9 Å². The van der Waals surface area contributed by atoms with Crippen LogP contribution in [0.15, 0.2) is 24.5 Å². The summed E-state index contributed by atoms with van der Waals surface area (Å²) < 4.78 is 16.0. The summed E-state index contributed by atoms with van der Waals surface area (Å²) in [6.45, 7) is 0.755. The first kappa shape index (κ1) is 12.8. The molecule has 1 aliphatic heterocycles. The molecule has 0 fully saturated rings. The van der Waals surface area contributed by atoms with Crippen LogP contribution in [0.5, 0.6) is 17.2 Å². The van der Waals surface area contributed by atoms with E-state index < -0.39 is 0 Å². The minimum Gasteiger partial charge on any atom is -0.490 e. The Balaban J connectivity index is 1.81. The summed E-state index contributed by atoms with van der Waals surface area (Å²) in [5, 5.41) is 3.42. The van der Waals surface area contributed by atoms with Crippen molar-refractivity contribution in [1.29, 1.82) is 0 Å². The van der Waals surface area contributed by atoms with Crippen LogP contribution >= 0.6 is 11.6 Å². The van der Waals surface area contributed by atoms with Crippen LogP contribution in [-0.4, -0.2) is 23.9 Å². The van der Waals surface area contributed by atoms with Gasteiger partial charge >= 0.3 is 0 Å². The standard InChI is InChI=1S/C13H12ClN3O3/c1-18-11-12(14)16-6-17-13(11)15-5-8-3-2-4-9-10(8)20-7-19-9/h2-4,6H,5,7H2,1H3,(H,15,16,17). The Morgan fingerprint density at radius 1 is 1.35 bits per heavy atom. The molecule has 0 radical (unpaired) electrons. The van der Waals surface area contributed by atoms with Gasteiger partial charge in [-0.1, -0.05) is 23.7 Å². The summed E-state index contributed by atoms with van der Waals surface area (Å²) in [4.78, 5) is 7.98. The van der Waals surface area contributed by atoms with Crippen LogP contribution in [0, 0.1) is 0 Å². The van der Waals surface area contributed by atoms with Gasteiger partial charge in [0.15, 0.2) is 28.2 Å². The zero-order chi connectivity index (χ0) is 13.9. The number of hydrogen-bond donors (Lipinski definition) is 1. The molecule has 0 spiro atoms. The van der Waals surface area contributed by atoms with Crippen LogP contribution in [0.25, 0.3) is 0 Å². The minimum atomic E-state index is 0.245. The number of methoxy groups -OCH3 is 1. The maximum absolute atomic E-state index is 5.94. The Morgan fingerprint density at radius 3 is 3.10 bits per heavy atom. The van der Waals surface area contributed by atoms with Gasteiger partial charge in [0.05, 0.1) is 7.11 Å². The molecule has 6 nitrogen and oxygen atoms in total. The molecule has 7 heteroatoms. The maximum atomic E-state index is 5.94. The van der Waals surface area contributed by atoms with Crippen molar-refractivity contribution in [1.82, 2.24) is 9.97 Å². The normalized spacial score (nSPS) is 12.3. The molecule has 1 aromatic carbocycles. The second-order valence-corrected chi connectivity index (χ2v) is 4.41. The smallest absolute Gasteiger partial charge is 0.231 e. The summed E-state index contributed by atoms with van der Waals surface area (Å²) in [5.74, 6) is 2.44. The number of para-hydroxylation sites is 1. The van der Waals surface area contributed by atoms with Crippen LogP contribution in [-0.2, 0) is 6.54 Å². The molecule has 0 bridgehead atoms. The number of benzene rings is 1. The van der Waals surface area contributed by atoms with Gasteiger partial charge in [-0.2, -0.15) is 0 Å². The molecule has 0 atom stereocenters. The van der Waals surface area contributed by atoms with Gasteiger partial charge in [-0.25, -0.2) is 9.97 Å². The van der Waals surface area contributed by atoms with Crippen molar-refractivity contribution in [3.8, 4) is 17.2 Å². The van der Waals surface area contributed by atoms with Crippen LogP contribution in [0.3, 0.4) is 0 Å². The molecule has 3 rings (SSSR count). The van der Waals surface area contributed by atoms with Crippen LogP contribution in [0.2, 0.25) is 5.15 Å². The van der Waals surface area contributed by atoms with E-state index in [2.05, 4.69) is 15.3 Å². The number of nitrogens with one attached hydrogen (secondary N) is 1. The molecule has 104 valence electrons. The Labute approximate surface area is 120 Å². The van der Waals surface area contributed by atoms with Gasteiger partial charge in [-0.15, -0.1) is 0 Å². The van der Waals surface area contributed by atoms with Crippen molar-refractivity contribution in [3.63, 3.8) is 0 Å². The third-order valence-electron chi connectivity index (χ3n) is 2.89. The predicted octanol–water partition coefficient (Wildman–Crippen LogP) is 2.48. The quantitative estimate of drug-likeness (QED) is 0.874. The van der Waals surface area contributed by atoms with Gasteiger partial charge in [0.1, 0.15) is 6.33 Å². The average molecular weight is 294 g/mol. The lowest BCUT2D eigenvalue weighted by atomic mass is 10.2. The number of nitrogens with zero attached hydrogens (tertiary/aromatic N) is 2. The highest BCUT2D eigenvalue weighted by Gasteiger charge is 2.17. The van der Waals surface area contributed by atoms with E-state index in [0.29, 0.717) is 18.1 Å². The van der Waals surface area contributed by atoms with E-state index in [1.165, 1.54) is 13.4 Å². The van der Waals surface area contributed by atoms with Crippen molar-refractivity contribution >= 4 is 17.4 Å². The fourth-order valence-corrected chi connectivity index (χ4v) is 2.18. The largest absolute Gasteiger partial charge is 0.490 e. The summed E-state index contributed by atoms with van der Waals surface area (Å²) in [5.41, 5.74) is 0.969. The van der Waals surface area contributed by atoms with E-state index in [4.69, 9.17) is 25.8 Å². The van der Waals surface area contributed by atoms with Gasteiger partial charge in [-0.3, -0.25) is 0 Å². The molecular formula is C13H12ClN3O3. The number of rotatable bonds is 4. The van der Waals surface area contributed by atoms with E-state index in [1.54, 1.807) is 0 Å². The van der Waals surface area contributed by atoms with E-state index in [0.717, 1.165) is 17.1 Å². The van der Waals surface area contributed by atoms with Crippen molar-refractivity contribution in [3.05, 3.63) is 35.2 Å². The predicted molar refractivity (Wildman–Crippen MR) is 73.5 cm³/mol. The zero-order valence-corrected chi connectivity index (χ0v) is 11.5. The highest BCUT2D eigenvalue weighted by Crippen LogP contribution is 2.36. The lowest BCUT2D eigenvalue weighted by Crippen LogP contribution is -2.05. The van der Waals surface area contributed by atoms with Crippen LogP contribution in [0.1, 0.15) is 5.56 Å². The van der Waals surface area contributed by atoms with Crippen molar-refractivity contribution < 1.29 is 14.2 Å². The molecule has 0 saturated heterocycles. The highest BCUT2D eigenvalue weighted by molar-refractivity contribution is 6.31. The first-order chi connectivity index (χ1) is 9.79. The van der Waals surface area contributed by atoms with Crippen LogP contribution in [0.4, 0.5) is 5.82 Å². The van der Waals surface area contributed by atoms with E-state index in [9.17, 15) is 0 Å². The Hall–Kier alpha value is -2.21. The molecule has 0 unspecified atom stereocenters. The van der Waals surface area contributed by atoms with Crippen LogP contribution < -0.4 is 19.5 Å². The number of anilines is 1. The minimum absolute atomic E-state index is 0.245. The number of hydrogen-bond acceptors (Lipinski definition) is 6. The molecule has 0 saturated carbocycles. The Morgan fingerprint density at radius 2 is 2.25 bits per heavy atom. The first-order valence-electron chi connectivity index (χ1n) is 5.95. The number of aromatic nitrogens is 2. The zero-order valence-electron chi connectivity index (χ0n) is 10.7. The van der Waals surface area contributed by atoms with E-state index >= 15 is 0 Å². The fraction of sp³-hybridized carbons (Fsp3) is 0.231. The lowest BCUT2D eigenvalue weighted by molar-refractivity contribution is 0.173. The van der Waals surface area contributed by atoms with Gasteiger partial charge in [0.2, 0.25) is 6.79 Å². The molecular weight excluding hydrogens is 282 g/mol. The molecule has 1 aliphatic rings. The first-order valence-corrected chi connectivity index (χ1v) is 6.33. The fourth-order valence-electron chi connectivity index (χ4n) is 1.97. The SMILES string of the molecule is COc1c(Cl)ncnc1NCc1cccc2c1OCO2. The van der Waals surface area contributed by atoms with Crippen molar-refractivity contribution in [2.24, 2.45) is 0 Å². The van der Waals surface area contributed by atoms with Gasteiger partial charge in [-0.05, 0) is 6.07 Å². The third kappa shape index (κ3) is 2.30. The summed E-state index contributed by atoms with van der Waals surface area (Å²) in [6.07, 6.45) is 1.38. The number of ether oxygens (including phenoxy) is 3. The summed E-state index contributed by atoms with van der Waals surface area (Å²) in [7, 11) is 1.52. The van der Waals surface area contributed by atoms with Crippen molar-refractivity contribution in [2.75, 3.05) is 19.2 Å². The highest BCUT2D eigenvalue weighted by atomic mass is 35.5. The summed E-state index contributed by atoms with van der Waals surface area (Å²) >= 11 is 5.94. The molecule has 2 aromatic rings. The summed E-state index contributed by atoms with van der Waals surface area (Å²) in [6, 6.07) is 5.73. The van der Waals surface area contributed by atoms with Crippen molar-refractivity contribution in [2.45, 2.75) is 6.54 Å². The third-order valence-corrected chi connectivity index (χ3v) is 3.16. The maximum Gasteiger partial charge on any atom is 0.231 e. The Kier molecular flexibility index (Phi) is 3.47. The molecule has 2 heterocycles. The van der Waals surface area contributed by atoms with Gasteiger partial charge in [0, 0.05) is 12.1 Å².